The fourth-order valence-corrected chi connectivity index (χ4v) is 2.26. The van der Waals surface area contributed by atoms with Crippen molar-refractivity contribution in [3.05, 3.63) is 24.3 Å². The summed E-state index contributed by atoms with van der Waals surface area (Å²) < 4.78 is 5.13. The van der Waals surface area contributed by atoms with E-state index in [4.69, 9.17) is 4.74 Å². The highest BCUT2D eigenvalue weighted by atomic mass is 16.5. The van der Waals surface area contributed by atoms with Crippen molar-refractivity contribution < 1.29 is 9.53 Å². The molecule has 0 unspecified atom stereocenters. The zero-order chi connectivity index (χ0) is 13.7. The fourth-order valence-electron chi connectivity index (χ4n) is 2.26. The van der Waals surface area contributed by atoms with E-state index in [0.29, 0.717) is 12.6 Å². The lowest BCUT2D eigenvalue weighted by Gasteiger charge is -2.31. The van der Waals surface area contributed by atoms with Crippen LogP contribution < -0.4 is 15.4 Å². The predicted molar refractivity (Wildman–Crippen MR) is 75.5 cm³/mol. The molecule has 19 heavy (non-hydrogen) atoms. The average Bonchev–Trinajstić information content (AvgIpc) is 2.38. The summed E-state index contributed by atoms with van der Waals surface area (Å²) in [6, 6.07) is 7.84. The zero-order valence-electron chi connectivity index (χ0n) is 11.5. The Hall–Kier alpha value is -1.59. The highest BCUT2D eigenvalue weighted by molar-refractivity contribution is 5.92. The van der Waals surface area contributed by atoms with Gasteiger partial charge >= 0.3 is 0 Å². The van der Waals surface area contributed by atoms with Gasteiger partial charge in [-0.05, 0) is 19.1 Å². The molecule has 2 rings (SSSR count). The van der Waals surface area contributed by atoms with Gasteiger partial charge in [0.05, 0.1) is 13.7 Å². The zero-order valence-corrected chi connectivity index (χ0v) is 11.5. The van der Waals surface area contributed by atoms with E-state index in [1.807, 2.05) is 24.3 Å². The molecule has 0 aliphatic carbocycles. The van der Waals surface area contributed by atoms with Crippen LogP contribution in [0.4, 0.5) is 5.69 Å². The lowest BCUT2D eigenvalue weighted by molar-refractivity contribution is -0.117. The van der Waals surface area contributed by atoms with Crippen LogP contribution in [0.25, 0.3) is 0 Å². The van der Waals surface area contributed by atoms with Crippen molar-refractivity contribution in [2.24, 2.45) is 0 Å². The minimum Gasteiger partial charge on any atom is -0.497 e. The van der Waals surface area contributed by atoms with Crippen LogP contribution in [-0.4, -0.2) is 50.1 Å². The van der Waals surface area contributed by atoms with Crippen molar-refractivity contribution in [1.82, 2.24) is 10.2 Å². The Morgan fingerprint density at radius 1 is 1.58 bits per heavy atom. The summed E-state index contributed by atoms with van der Waals surface area (Å²) in [6.45, 7) is 5.32. The molecule has 1 atom stereocenters. The van der Waals surface area contributed by atoms with E-state index >= 15 is 0 Å². The molecule has 1 aromatic rings. The SMILES string of the molecule is COc1cccc(NC(=O)CN2CCN[C@@H](C)C2)c1. The van der Waals surface area contributed by atoms with Crippen LogP contribution in [0.15, 0.2) is 24.3 Å². The van der Waals surface area contributed by atoms with Gasteiger partial charge in [-0.1, -0.05) is 6.07 Å². The number of anilines is 1. The normalized spacial score (nSPS) is 20.0. The summed E-state index contributed by atoms with van der Waals surface area (Å²) in [7, 11) is 1.61. The number of nitrogens with one attached hydrogen (secondary N) is 2. The number of hydrogen-bond donors (Lipinski definition) is 2. The third kappa shape index (κ3) is 4.22. The van der Waals surface area contributed by atoms with Crippen LogP contribution in [0.1, 0.15) is 6.92 Å². The molecule has 0 radical (unpaired) electrons. The first-order chi connectivity index (χ1) is 9.17. The van der Waals surface area contributed by atoms with Crippen LogP contribution >= 0.6 is 0 Å². The fraction of sp³-hybridized carbons (Fsp3) is 0.500. The summed E-state index contributed by atoms with van der Waals surface area (Å²) in [5, 5.41) is 6.26. The van der Waals surface area contributed by atoms with Crippen LogP contribution in [0, 0.1) is 0 Å². The Balaban J connectivity index is 1.86. The number of methoxy groups -OCH3 is 1. The van der Waals surface area contributed by atoms with Gasteiger partial charge in [0.15, 0.2) is 0 Å². The molecular weight excluding hydrogens is 242 g/mol. The maximum absolute atomic E-state index is 12.0. The van der Waals surface area contributed by atoms with Crippen LogP contribution in [0.3, 0.4) is 0 Å². The van der Waals surface area contributed by atoms with E-state index < -0.39 is 0 Å². The van der Waals surface area contributed by atoms with Gasteiger partial charge in [0.1, 0.15) is 5.75 Å². The minimum absolute atomic E-state index is 0.0161. The number of carbonyl (C=O) groups excluding carboxylic acids is 1. The highest BCUT2D eigenvalue weighted by Crippen LogP contribution is 2.16. The molecule has 1 aliphatic rings. The van der Waals surface area contributed by atoms with Crippen molar-refractivity contribution in [3.8, 4) is 5.75 Å². The van der Waals surface area contributed by atoms with E-state index in [1.54, 1.807) is 7.11 Å². The number of benzene rings is 1. The monoisotopic (exact) mass is 263 g/mol. The maximum Gasteiger partial charge on any atom is 0.238 e. The summed E-state index contributed by atoms with van der Waals surface area (Å²) in [5.41, 5.74) is 0.771. The quantitative estimate of drug-likeness (QED) is 0.848. The van der Waals surface area contributed by atoms with Gasteiger partial charge in [-0.3, -0.25) is 9.69 Å². The van der Waals surface area contributed by atoms with Crippen molar-refractivity contribution in [3.63, 3.8) is 0 Å². The molecule has 1 fully saturated rings. The number of ether oxygens (including phenoxy) is 1. The first-order valence-corrected chi connectivity index (χ1v) is 6.57. The number of carbonyl (C=O) groups is 1. The smallest absolute Gasteiger partial charge is 0.238 e. The predicted octanol–water partition coefficient (Wildman–Crippen LogP) is 0.927. The molecule has 1 saturated heterocycles. The van der Waals surface area contributed by atoms with Gasteiger partial charge in [-0.15, -0.1) is 0 Å². The second-order valence-electron chi connectivity index (χ2n) is 4.87. The molecule has 1 aliphatic heterocycles. The molecule has 1 amide bonds. The van der Waals surface area contributed by atoms with Crippen LogP contribution in [0.2, 0.25) is 0 Å². The third-order valence-corrected chi connectivity index (χ3v) is 3.17. The van der Waals surface area contributed by atoms with E-state index in [2.05, 4.69) is 22.5 Å². The van der Waals surface area contributed by atoms with E-state index in [-0.39, 0.29) is 5.91 Å². The second-order valence-corrected chi connectivity index (χ2v) is 4.87. The van der Waals surface area contributed by atoms with Gasteiger partial charge in [0.25, 0.3) is 0 Å². The number of hydrogen-bond acceptors (Lipinski definition) is 4. The Morgan fingerprint density at radius 2 is 2.42 bits per heavy atom. The van der Waals surface area contributed by atoms with Gasteiger partial charge in [-0.2, -0.15) is 0 Å². The highest BCUT2D eigenvalue weighted by Gasteiger charge is 2.17. The molecule has 1 heterocycles. The van der Waals surface area contributed by atoms with Crippen molar-refractivity contribution in [2.45, 2.75) is 13.0 Å². The van der Waals surface area contributed by atoms with Crippen LogP contribution in [-0.2, 0) is 4.79 Å². The van der Waals surface area contributed by atoms with Gasteiger partial charge in [0.2, 0.25) is 5.91 Å². The van der Waals surface area contributed by atoms with Crippen molar-refractivity contribution in [1.29, 1.82) is 0 Å². The van der Waals surface area contributed by atoms with E-state index in [0.717, 1.165) is 31.1 Å². The molecule has 104 valence electrons. The number of piperazine rings is 1. The second kappa shape index (κ2) is 6.54. The Labute approximate surface area is 113 Å². The molecule has 0 aromatic heterocycles. The van der Waals surface area contributed by atoms with Crippen LogP contribution in [0.5, 0.6) is 5.75 Å². The number of amides is 1. The lowest BCUT2D eigenvalue weighted by Crippen LogP contribution is -2.51. The minimum atomic E-state index is 0.0161. The Kier molecular flexibility index (Phi) is 4.76. The molecule has 1 aromatic carbocycles. The van der Waals surface area contributed by atoms with Gasteiger partial charge < -0.3 is 15.4 Å². The third-order valence-electron chi connectivity index (χ3n) is 3.17. The Bertz CT molecular complexity index is 436. The molecule has 0 saturated carbocycles. The maximum atomic E-state index is 12.0. The molecule has 0 spiro atoms. The van der Waals surface area contributed by atoms with Crippen molar-refractivity contribution in [2.75, 3.05) is 38.6 Å². The largest absolute Gasteiger partial charge is 0.497 e. The van der Waals surface area contributed by atoms with Gasteiger partial charge in [0, 0.05) is 37.4 Å². The van der Waals surface area contributed by atoms with Gasteiger partial charge in [-0.25, -0.2) is 0 Å². The summed E-state index contributed by atoms with van der Waals surface area (Å²) in [6.07, 6.45) is 0. The number of rotatable bonds is 4. The first kappa shape index (κ1) is 13.8. The molecule has 2 N–H and O–H groups in total. The topological polar surface area (TPSA) is 53.6 Å². The number of nitrogens with zero attached hydrogens (tertiary/aromatic N) is 1. The standard InChI is InChI=1S/C14H21N3O2/c1-11-9-17(7-6-15-11)10-14(18)16-12-4-3-5-13(8-12)19-2/h3-5,8,11,15H,6-7,9-10H2,1-2H3,(H,16,18)/t11-/m0/s1. The average molecular weight is 263 g/mol. The molecule has 5 nitrogen and oxygen atoms in total. The lowest BCUT2D eigenvalue weighted by atomic mass is 10.2. The van der Waals surface area contributed by atoms with Crippen molar-refractivity contribution >= 4 is 11.6 Å². The summed E-state index contributed by atoms with van der Waals surface area (Å²) >= 11 is 0. The molecule has 0 bridgehead atoms. The summed E-state index contributed by atoms with van der Waals surface area (Å²) in [4.78, 5) is 14.1. The molecular formula is C14H21N3O2. The Morgan fingerprint density at radius 3 is 3.16 bits per heavy atom. The molecule has 5 heteroatoms. The first-order valence-electron chi connectivity index (χ1n) is 6.57. The van der Waals surface area contributed by atoms with E-state index in [1.165, 1.54) is 0 Å². The summed E-state index contributed by atoms with van der Waals surface area (Å²) in [5.74, 6) is 0.760. The van der Waals surface area contributed by atoms with E-state index in [9.17, 15) is 4.79 Å².